The molecular weight excluding hydrogens is 124 g/mol. The maximum atomic E-state index is 9.38. The third-order valence-electron chi connectivity index (χ3n) is 1.81. The van der Waals surface area contributed by atoms with Gasteiger partial charge in [-0.3, -0.25) is 0 Å². The van der Waals surface area contributed by atoms with Gasteiger partial charge in [0.05, 0.1) is 6.10 Å². The Morgan fingerprint density at radius 2 is 1.50 bits per heavy atom. The summed E-state index contributed by atoms with van der Waals surface area (Å²) >= 11 is 0. The largest absolute Gasteiger partial charge is 0.393 e. The lowest BCUT2D eigenvalue weighted by atomic mass is 9.98. The minimum Gasteiger partial charge on any atom is -0.393 e. The lowest BCUT2D eigenvalue weighted by Crippen LogP contribution is -2.14. The number of aliphatic hydroxyl groups excluding tert-OH is 1. The number of hydrogen-bond donors (Lipinski definition) is 1. The van der Waals surface area contributed by atoms with Crippen molar-refractivity contribution in [2.24, 2.45) is 11.8 Å². The minimum absolute atomic E-state index is 0.0950. The predicted molar refractivity (Wildman–Crippen MR) is 44.9 cm³/mol. The second-order valence-electron chi connectivity index (χ2n) is 3.78. The second-order valence-corrected chi connectivity index (χ2v) is 3.78. The van der Waals surface area contributed by atoms with Crippen molar-refractivity contribution in [1.82, 2.24) is 0 Å². The average Bonchev–Trinajstić information content (AvgIpc) is 1.82. The molecule has 0 saturated heterocycles. The predicted octanol–water partition coefficient (Wildman–Crippen LogP) is 2.44. The molecule has 0 bridgehead atoms. The summed E-state index contributed by atoms with van der Waals surface area (Å²) in [6, 6.07) is 0. The first-order chi connectivity index (χ1) is 4.54. The van der Waals surface area contributed by atoms with Gasteiger partial charge in [0.2, 0.25) is 0 Å². The van der Waals surface area contributed by atoms with E-state index in [1.54, 1.807) is 0 Å². The van der Waals surface area contributed by atoms with Crippen LogP contribution < -0.4 is 0 Å². The zero-order chi connectivity index (χ0) is 8.15. The molecule has 0 aromatic rings. The monoisotopic (exact) mass is 144 g/mol. The Morgan fingerprint density at radius 3 is 1.80 bits per heavy atom. The molecule has 10 heavy (non-hydrogen) atoms. The van der Waals surface area contributed by atoms with Gasteiger partial charge in [-0.1, -0.05) is 27.7 Å². The van der Waals surface area contributed by atoms with Crippen molar-refractivity contribution in [1.29, 1.82) is 0 Å². The molecule has 1 nitrogen and oxygen atoms in total. The molecule has 1 unspecified atom stereocenters. The molecule has 0 fully saturated rings. The number of hydrogen-bond acceptors (Lipinski definition) is 1. The van der Waals surface area contributed by atoms with Crippen LogP contribution in [0.25, 0.3) is 0 Å². The number of rotatable bonds is 4. The van der Waals surface area contributed by atoms with Gasteiger partial charge in [0.15, 0.2) is 0 Å². The van der Waals surface area contributed by atoms with Gasteiger partial charge in [0.1, 0.15) is 0 Å². The molecule has 0 aromatic carbocycles. The van der Waals surface area contributed by atoms with E-state index in [1.807, 2.05) is 0 Å². The summed E-state index contributed by atoms with van der Waals surface area (Å²) in [5, 5.41) is 9.38. The first kappa shape index (κ1) is 9.96. The highest BCUT2D eigenvalue weighted by atomic mass is 16.3. The lowest BCUT2D eigenvalue weighted by molar-refractivity contribution is 0.110. The van der Waals surface area contributed by atoms with Crippen LogP contribution >= 0.6 is 0 Å². The topological polar surface area (TPSA) is 20.2 Å². The Labute approximate surface area is 64.5 Å². The molecule has 0 aromatic heterocycles. The summed E-state index contributed by atoms with van der Waals surface area (Å²) in [5.41, 5.74) is 0. The van der Waals surface area contributed by atoms with E-state index in [-0.39, 0.29) is 6.10 Å². The van der Waals surface area contributed by atoms with Crippen molar-refractivity contribution >= 4 is 0 Å². The third kappa shape index (κ3) is 4.80. The van der Waals surface area contributed by atoms with Crippen molar-refractivity contribution in [3.05, 3.63) is 0 Å². The van der Waals surface area contributed by atoms with Gasteiger partial charge in [-0.2, -0.15) is 0 Å². The molecule has 62 valence electrons. The van der Waals surface area contributed by atoms with Crippen LogP contribution in [0.2, 0.25) is 0 Å². The van der Waals surface area contributed by atoms with Crippen molar-refractivity contribution < 1.29 is 5.11 Å². The highest BCUT2D eigenvalue weighted by molar-refractivity contribution is 4.60. The van der Waals surface area contributed by atoms with E-state index in [4.69, 9.17) is 0 Å². The van der Waals surface area contributed by atoms with Gasteiger partial charge in [0, 0.05) is 0 Å². The average molecular weight is 144 g/mol. The van der Waals surface area contributed by atoms with Crippen LogP contribution in [0, 0.1) is 11.8 Å². The van der Waals surface area contributed by atoms with Gasteiger partial charge < -0.3 is 5.11 Å². The fourth-order valence-electron chi connectivity index (χ4n) is 0.837. The van der Waals surface area contributed by atoms with Crippen LogP contribution in [-0.2, 0) is 0 Å². The van der Waals surface area contributed by atoms with Crippen LogP contribution in [0.5, 0.6) is 0 Å². The van der Waals surface area contributed by atoms with Crippen molar-refractivity contribution in [2.45, 2.75) is 46.6 Å². The standard InChI is InChI=1S/C9H20O/c1-7(2)5-6-9(10)8(3)4/h7-10H,5-6H2,1-4H3. The molecule has 0 saturated carbocycles. The first-order valence-electron chi connectivity index (χ1n) is 4.22. The molecule has 0 spiro atoms. The maximum Gasteiger partial charge on any atom is 0.0563 e. The zero-order valence-electron chi connectivity index (χ0n) is 7.59. The van der Waals surface area contributed by atoms with Crippen LogP contribution in [-0.4, -0.2) is 11.2 Å². The van der Waals surface area contributed by atoms with Crippen LogP contribution in [0.15, 0.2) is 0 Å². The van der Waals surface area contributed by atoms with Gasteiger partial charge in [-0.25, -0.2) is 0 Å². The van der Waals surface area contributed by atoms with Gasteiger partial charge >= 0.3 is 0 Å². The molecule has 0 aliphatic heterocycles. The van der Waals surface area contributed by atoms with E-state index in [9.17, 15) is 5.11 Å². The van der Waals surface area contributed by atoms with Crippen LogP contribution in [0.1, 0.15) is 40.5 Å². The molecule has 0 aliphatic carbocycles. The molecule has 1 N–H and O–H groups in total. The molecule has 0 heterocycles. The van der Waals surface area contributed by atoms with Gasteiger partial charge in [-0.05, 0) is 24.7 Å². The maximum absolute atomic E-state index is 9.38. The molecular formula is C9H20O. The fraction of sp³-hybridized carbons (Fsp3) is 1.00. The molecule has 0 rings (SSSR count). The summed E-state index contributed by atoms with van der Waals surface area (Å²) in [6.07, 6.45) is 2.00. The Balaban J connectivity index is 3.30. The van der Waals surface area contributed by atoms with E-state index >= 15 is 0 Å². The Bertz CT molecular complexity index is 76.8. The number of aliphatic hydroxyl groups is 1. The normalized spacial score (nSPS) is 14.7. The van der Waals surface area contributed by atoms with Gasteiger partial charge in [-0.15, -0.1) is 0 Å². The van der Waals surface area contributed by atoms with Crippen molar-refractivity contribution in [3.63, 3.8) is 0 Å². The van der Waals surface area contributed by atoms with Crippen molar-refractivity contribution in [2.75, 3.05) is 0 Å². The second kappa shape index (κ2) is 4.73. The highest BCUT2D eigenvalue weighted by Crippen LogP contribution is 2.12. The van der Waals surface area contributed by atoms with E-state index in [2.05, 4.69) is 27.7 Å². The summed E-state index contributed by atoms with van der Waals surface area (Å²) in [5.74, 6) is 1.13. The molecule has 0 radical (unpaired) electrons. The van der Waals surface area contributed by atoms with E-state index in [1.165, 1.54) is 0 Å². The van der Waals surface area contributed by atoms with E-state index < -0.39 is 0 Å². The summed E-state index contributed by atoms with van der Waals surface area (Å²) in [7, 11) is 0. The summed E-state index contributed by atoms with van der Waals surface area (Å²) in [6.45, 7) is 8.50. The highest BCUT2D eigenvalue weighted by Gasteiger charge is 2.08. The lowest BCUT2D eigenvalue weighted by Gasteiger charge is -2.14. The quantitative estimate of drug-likeness (QED) is 0.642. The zero-order valence-corrected chi connectivity index (χ0v) is 7.59. The van der Waals surface area contributed by atoms with Gasteiger partial charge in [0.25, 0.3) is 0 Å². The Hall–Kier alpha value is -0.0400. The Kier molecular flexibility index (Phi) is 4.71. The first-order valence-corrected chi connectivity index (χ1v) is 4.22. The Morgan fingerprint density at radius 1 is 1.00 bits per heavy atom. The summed E-state index contributed by atoms with van der Waals surface area (Å²) in [4.78, 5) is 0. The third-order valence-corrected chi connectivity index (χ3v) is 1.81. The van der Waals surface area contributed by atoms with Crippen LogP contribution in [0.4, 0.5) is 0 Å². The molecule has 0 aliphatic rings. The SMILES string of the molecule is CC(C)CCC(O)C(C)C. The van der Waals surface area contributed by atoms with E-state index in [0.717, 1.165) is 12.8 Å². The minimum atomic E-state index is -0.0950. The van der Waals surface area contributed by atoms with Crippen molar-refractivity contribution in [3.8, 4) is 0 Å². The molecule has 1 atom stereocenters. The molecule has 1 heteroatoms. The molecule has 0 amide bonds. The summed E-state index contributed by atoms with van der Waals surface area (Å²) < 4.78 is 0. The van der Waals surface area contributed by atoms with Crippen LogP contribution in [0.3, 0.4) is 0 Å². The smallest absolute Gasteiger partial charge is 0.0563 e. The fourth-order valence-corrected chi connectivity index (χ4v) is 0.837. The van der Waals surface area contributed by atoms with E-state index in [0.29, 0.717) is 11.8 Å².